The molecule has 23 heavy (non-hydrogen) atoms. The van der Waals surface area contributed by atoms with Gasteiger partial charge in [-0.3, -0.25) is 24.8 Å². The highest BCUT2D eigenvalue weighted by Crippen LogP contribution is 2.32. The van der Waals surface area contributed by atoms with Gasteiger partial charge in [-0.15, -0.1) is 0 Å². The van der Waals surface area contributed by atoms with E-state index in [9.17, 15) is 4.79 Å². The van der Waals surface area contributed by atoms with E-state index in [1.165, 1.54) is 18.9 Å². The first kappa shape index (κ1) is 15.7. The number of aryl methyl sites for hydroxylation is 1. The number of aromatic nitrogens is 2. The minimum absolute atomic E-state index is 0.0501. The second-order valence-electron chi connectivity index (χ2n) is 6.28. The number of rotatable bonds is 4. The maximum absolute atomic E-state index is 11.4. The number of hydrogen-bond acceptors (Lipinski definition) is 3. The van der Waals surface area contributed by atoms with Crippen LogP contribution in [0.2, 0.25) is 0 Å². The number of carbonyl (C=O) groups excluding carboxylic acids is 1. The lowest BCUT2D eigenvalue weighted by molar-refractivity contribution is -0.115. The summed E-state index contributed by atoms with van der Waals surface area (Å²) in [5.41, 5.74) is 7.45. The fourth-order valence-corrected chi connectivity index (χ4v) is 3.46. The van der Waals surface area contributed by atoms with Crippen molar-refractivity contribution >= 4 is 5.91 Å². The number of likely N-dealkylation sites (tertiary alicyclic amines) is 1. The van der Waals surface area contributed by atoms with Crippen molar-refractivity contribution in [2.45, 2.75) is 46.2 Å². The zero-order valence-corrected chi connectivity index (χ0v) is 14.0. The van der Waals surface area contributed by atoms with Crippen molar-refractivity contribution in [3.8, 4) is 0 Å². The van der Waals surface area contributed by atoms with Crippen molar-refractivity contribution in [1.82, 2.24) is 14.6 Å². The molecule has 5 nitrogen and oxygen atoms in total. The van der Waals surface area contributed by atoms with Crippen molar-refractivity contribution in [1.29, 1.82) is 0 Å². The third-order valence-corrected chi connectivity index (χ3v) is 4.57. The van der Waals surface area contributed by atoms with Gasteiger partial charge in [0.25, 0.3) is 0 Å². The molecule has 2 aromatic heterocycles. The standard InChI is InChI=1S/C18H24N4O/c1-13-11-16(14(2)22(13)20-15(3)23)12-21-10-6-8-18(21)17-7-4-5-9-19-17/h4-5,7,9,11,18H,6,8,10,12H2,1-3H3,(H,20,23). The van der Waals surface area contributed by atoms with Crippen molar-refractivity contribution in [3.05, 3.63) is 53.1 Å². The van der Waals surface area contributed by atoms with E-state index in [0.29, 0.717) is 6.04 Å². The minimum Gasteiger partial charge on any atom is -0.290 e. The van der Waals surface area contributed by atoms with E-state index in [4.69, 9.17) is 0 Å². The SMILES string of the molecule is CC(=O)Nn1c(C)cc(CN2CCCC2c2ccccn2)c1C. The largest absolute Gasteiger partial charge is 0.290 e. The highest BCUT2D eigenvalue weighted by atomic mass is 16.2. The number of hydrogen-bond donors (Lipinski definition) is 1. The molecule has 1 aliphatic rings. The Kier molecular flexibility index (Phi) is 4.48. The normalized spacial score (nSPS) is 18.3. The third-order valence-electron chi connectivity index (χ3n) is 4.57. The van der Waals surface area contributed by atoms with Crippen LogP contribution in [0.3, 0.4) is 0 Å². The summed E-state index contributed by atoms with van der Waals surface area (Å²) in [7, 11) is 0. The maximum Gasteiger partial charge on any atom is 0.235 e. The predicted molar refractivity (Wildman–Crippen MR) is 90.6 cm³/mol. The van der Waals surface area contributed by atoms with Crippen LogP contribution < -0.4 is 5.43 Å². The van der Waals surface area contributed by atoms with E-state index in [1.807, 2.05) is 23.9 Å². The summed E-state index contributed by atoms with van der Waals surface area (Å²) in [5.74, 6) is -0.0501. The van der Waals surface area contributed by atoms with Gasteiger partial charge in [0.15, 0.2) is 0 Å². The maximum atomic E-state index is 11.4. The van der Waals surface area contributed by atoms with Crippen molar-refractivity contribution < 1.29 is 4.79 Å². The summed E-state index contributed by atoms with van der Waals surface area (Å²) in [6.45, 7) is 7.60. The molecule has 0 aliphatic carbocycles. The van der Waals surface area contributed by atoms with Crippen LogP contribution in [-0.2, 0) is 11.3 Å². The van der Waals surface area contributed by atoms with Gasteiger partial charge in [0.05, 0.1) is 11.7 Å². The minimum atomic E-state index is -0.0501. The smallest absolute Gasteiger partial charge is 0.235 e. The van der Waals surface area contributed by atoms with Gasteiger partial charge in [0.1, 0.15) is 0 Å². The first-order chi connectivity index (χ1) is 11.1. The molecule has 0 spiro atoms. The van der Waals surface area contributed by atoms with Crippen LogP contribution in [0.1, 0.15) is 48.5 Å². The second kappa shape index (κ2) is 6.54. The van der Waals surface area contributed by atoms with Crippen LogP contribution in [0, 0.1) is 13.8 Å². The molecule has 0 radical (unpaired) electrons. The zero-order valence-electron chi connectivity index (χ0n) is 14.0. The Morgan fingerprint density at radius 2 is 2.22 bits per heavy atom. The highest BCUT2D eigenvalue weighted by Gasteiger charge is 2.27. The van der Waals surface area contributed by atoms with Crippen LogP contribution >= 0.6 is 0 Å². The van der Waals surface area contributed by atoms with Crippen LogP contribution in [0.4, 0.5) is 0 Å². The molecule has 0 aromatic carbocycles. The molecular weight excluding hydrogens is 288 g/mol. The molecule has 1 N–H and O–H groups in total. The lowest BCUT2D eigenvalue weighted by Gasteiger charge is -2.24. The summed E-state index contributed by atoms with van der Waals surface area (Å²) in [5, 5.41) is 0. The molecule has 1 unspecified atom stereocenters. The molecule has 2 aromatic rings. The fraction of sp³-hybridized carbons (Fsp3) is 0.444. The van der Waals surface area contributed by atoms with Gasteiger partial charge < -0.3 is 0 Å². The molecule has 3 rings (SSSR count). The number of pyridine rings is 1. The van der Waals surface area contributed by atoms with Crippen molar-refractivity contribution in [2.75, 3.05) is 12.0 Å². The molecular formula is C18H24N4O. The van der Waals surface area contributed by atoms with Gasteiger partial charge in [-0.05, 0) is 57.0 Å². The van der Waals surface area contributed by atoms with Gasteiger partial charge in [0, 0.05) is 31.1 Å². The van der Waals surface area contributed by atoms with E-state index in [1.54, 1.807) is 0 Å². The Morgan fingerprint density at radius 3 is 2.91 bits per heavy atom. The second-order valence-corrected chi connectivity index (χ2v) is 6.28. The summed E-state index contributed by atoms with van der Waals surface area (Å²) in [6.07, 6.45) is 4.22. The van der Waals surface area contributed by atoms with Gasteiger partial charge in [0.2, 0.25) is 5.91 Å². The van der Waals surface area contributed by atoms with Gasteiger partial charge in [-0.1, -0.05) is 6.07 Å². The molecule has 122 valence electrons. The van der Waals surface area contributed by atoms with Gasteiger partial charge in [-0.25, -0.2) is 0 Å². The van der Waals surface area contributed by atoms with Gasteiger partial charge in [-0.2, -0.15) is 0 Å². The summed E-state index contributed by atoms with van der Waals surface area (Å²) < 4.78 is 1.88. The molecule has 1 amide bonds. The highest BCUT2D eigenvalue weighted by molar-refractivity contribution is 5.81. The Hall–Kier alpha value is -2.14. The average Bonchev–Trinajstić information content (AvgIpc) is 3.09. The first-order valence-corrected chi connectivity index (χ1v) is 8.16. The Morgan fingerprint density at radius 1 is 1.39 bits per heavy atom. The predicted octanol–water partition coefficient (Wildman–Crippen LogP) is 2.93. The van der Waals surface area contributed by atoms with E-state index >= 15 is 0 Å². The molecule has 3 heterocycles. The molecule has 1 fully saturated rings. The lowest BCUT2D eigenvalue weighted by atomic mass is 10.1. The van der Waals surface area contributed by atoms with E-state index < -0.39 is 0 Å². The van der Waals surface area contributed by atoms with Crippen LogP contribution in [0.15, 0.2) is 30.5 Å². The Bertz CT molecular complexity index is 693. The number of carbonyl (C=O) groups is 1. The monoisotopic (exact) mass is 312 g/mol. The third kappa shape index (κ3) is 3.29. The summed E-state index contributed by atoms with van der Waals surface area (Å²) >= 11 is 0. The van der Waals surface area contributed by atoms with Crippen LogP contribution in [-0.4, -0.2) is 27.0 Å². The van der Waals surface area contributed by atoms with E-state index in [0.717, 1.165) is 36.6 Å². The number of amides is 1. The topological polar surface area (TPSA) is 50.2 Å². The number of nitrogens with one attached hydrogen (secondary N) is 1. The quantitative estimate of drug-likeness (QED) is 0.944. The number of nitrogens with zero attached hydrogens (tertiary/aromatic N) is 3. The van der Waals surface area contributed by atoms with Crippen molar-refractivity contribution in [3.63, 3.8) is 0 Å². The zero-order chi connectivity index (χ0) is 16.4. The van der Waals surface area contributed by atoms with Gasteiger partial charge >= 0.3 is 0 Å². The van der Waals surface area contributed by atoms with E-state index in [-0.39, 0.29) is 5.91 Å². The van der Waals surface area contributed by atoms with Crippen LogP contribution in [0.25, 0.3) is 0 Å². The molecule has 5 heteroatoms. The molecule has 1 saturated heterocycles. The van der Waals surface area contributed by atoms with E-state index in [2.05, 4.69) is 40.4 Å². The molecule has 1 atom stereocenters. The fourth-order valence-electron chi connectivity index (χ4n) is 3.46. The first-order valence-electron chi connectivity index (χ1n) is 8.16. The molecule has 0 bridgehead atoms. The Balaban J connectivity index is 1.80. The lowest BCUT2D eigenvalue weighted by Crippen LogP contribution is -2.25. The van der Waals surface area contributed by atoms with Crippen LogP contribution in [0.5, 0.6) is 0 Å². The average molecular weight is 312 g/mol. The Labute approximate surface area is 137 Å². The summed E-state index contributed by atoms with van der Waals surface area (Å²) in [6, 6.07) is 8.69. The molecule has 0 saturated carbocycles. The van der Waals surface area contributed by atoms with Crippen molar-refractivity contribution in [2.24, 2.45) is 0 Å². The molecule has 1 aliphatic heterocycles. The summed E-state index contributed by atoms with van der Waals surface area (Å²) in [4.78, 5) is 18.4.